The van der Waals surface area contributed by atoms with Gasteiger partial charge < -0.3 is 5.11 Å². The highest BCUT2D eigenvalue weighted by molar-refractivity contribution is 5.25. The third kappa shape index (κ3) is 2.53. The lowest BCUT2D eigenvalue weighted by Crippen LogP contribution is -2.50. The van der Waals surface area contributed by atoms with E-state index in [0.717, 1.165) is 36.5 Å². The highest BCUT2D eigenvalue weighted by Gasteiger charge is 2.57. The van der Waals surface area contributed by atoms with Gasteiger partial charge in [-0.1, -0.05) is 46.3 Å². The monoisotopic (exact) mass is 318 g/mol. The minimum absolute atomic E-state index is 0.0683. The quantitative estimate of drug-likeness (QED) is 0.545. The Morgan fingerprint density at radius 2 is 1.74 bits per heavy atom. The van der Waals surface area contributed by atoms with E-state index < -0.39 is 0 Å². The summed E-state index contributed by atoms with van der Waals surface area (Å²) >= 11 is 0. The molecule has 4 aliphatic rings. The lowest BCUT2D eigenvalue weighted by Gasteiger charge is -2.58. The SMILES string of the molecule is CC.CC1CCC2C3CC=C4CC(O)CCC4(C)C3CCC12C. The van der Waals surface area contributed by atoms with E-state index in [0.29, 0.717) is 10.8 Å². The highest BCUT2D eigenvalue weighted by Crippen LogP contribution is 2.66. The van der Waals surface area contributed by atoms with Gasteiger partial charge >= 0.3 is 0 Å². The van der Waals surface area contributed by atoms with Crippen molar-refractivity contribution in [2.75, 3.05) is 0 Å². The Morgan fingerprint density at radius 3 is 2.48 bits per heavy atom. The van der Waals surface area contributed by atoms with Gasteiger partial charge in [-0.3, -0.25) is 0 Å². The predicted octanol–water partition coefficient (Wildman–Crippen LogP) is 5.97. The normalized spacial score (nSPS) is 51.6. The molecule has 7 unspecified atom stereocenters. The summed E-state index contributed by atoms with van der Waals surface area (Å²) < 4.78 is 0. The Kier molecular flexibility index (Phi) is 4.73. The number of aliphatic hydroxyl groups is 1. The van der Waals surface area contributed by atoms with Gasteiger partial charge in [0.05, 0.1) is 6.10 Å². The first kappa shape index (κ1) is 17.5. The molecule has 0 aliphatic heterocycles. The predicted molar refractivity (Wildman–Crippen MR) is 98.2 cm³/mol. The smallest absolute Gasteiger partial charge is 0.0577 e. The summed E-state index contributed by atoms with van der Waals surface area (Å²) in [5.41, 5.74) is 2.64. The summed E-state index contributed by atoms with van der Waals surface area (Å²) in [5.74, 6) is 3.72. The van der Waals surface area contributed by atoms with Crippen molar-refractivity contribution < 1.29 is 5.11 Å². The van der Waals surface area contributed by atoms with Crippen LogP contribution in [0.1, 0.15) is 86.0 Å². The fraction of sp³-hybridized carbons (Fsp3) is 0.909. The molecular weight excluding hydrogens is 280 g/mol. The Balaban J connectivity index is 0.000000753. The van der Waals surface area contributed by atoms with Crippen molar-refractivity contribution in [3.05, 3.63) is 11.6 Å². The number of fused-ring (bicyclic) bond motifs is 5. The number of allylic oxidation sites excluding steroid dienone is 1. The van der Waals surface area contributed by atoms with Gasteiger partial charge in [-0.05, 0) is 85.9 Å². The van der Waals surface area contributed by atoms with Crippen molar-refractivity contribution in [3.8, 4) is 0 Å². The first-order valence-electron chi connectivity index (χ1n) is 10.3. The topological polar surface area (TPSA) is 20.2 Å². The molecule has 0 aromatic carbocycles. The summed E-state index contributed by atoms with van der Waals surface area (Å²) in [6.07, 6.45) is 12.8. The van der Waals surface area contributed by atoms with E-state index in [2.05, 4.69) is 26.8 Å². The molecule has 3 saturated carbocycles. The second-order valence-corrected chi connectivity index (χ2v) is 9.18. The maximum absolute atomic E-state index is 10.0. The fourth-order valence-corrected chi connectivity index (χ4v) is 6.90. The zero-order valence-corrected chi connectivity index (χ0v) is 16.1. The fourth-order valence-electron chi connectivity index (χ4n) is 6.90. The Hall–Kier alpha value is -0.300. The van der Waals surface area contributed by atoms with E-state index in [-0.39, 0.29) is 6.10 Å². The van der Waals surface area contributed by atoms with E-state index in [1.165, 1.54) is 38.5 Å². The molecule has 0 heterocycles. The van der Waals surface area contributed by atoms with Crippen LogP contribution in [0.25, 0.3) is 0 Å². The third-order valence-corrected chi connectivity index (χ3v) is 8.55. The van der Waals surface area contributed by atoms with E-state index in [9.17, 15) is 5.11 Å². The van der Waals surface area contributed by atoms with Crippen molar-refractivity contribution >= 4 is 0 Å². The third-order valence-electron chi connectivity index (χ3n) is 8.55. The molecule has 1 N–H and O–H groups in total. The van der Waals surface area contributed by atoms with Crippen LogP contribution in [-0.2, 0) is 0 Å². The van der Waals surface area contributed by atoms with Crippen molar-refractivity contribution in [2.24, 2.45) is 34.5 Å². The molecule has 0 bridgehead atoms. The zero-order chi connectivity index (χ0) is 16.8. The van der Waals surface area contributed by atoms with Crippen LogP contribution in [0.5, 0.6) is 0 Å². The summed E-state index contributed by atoms with van der Waals surface area (Å²) in [4.78, 5) is 0. The molecule has 4 rings (SSSR count). The van der Waals surface area contributed by atoms with Crippen LogP contribution in [0.4, 0.5) is 0 Å². The minimum Gasteiger partial charge on any atom is -0.393 e. The van der Waals surface area contributed by atoms with Gasteiger partial charge in [-0.2, -0.15) is 0 Å². The molecule has 1 nitrogen and oxygen atoms in total. The van der Waals surface area contributed by atoms with Gasteiger partial charge in [0, 0.05) is 0 Å². The minimum atomic E-state index is -0.0683. The van der Waals surface area contributed by atoms with Crippen LogP contribution in [0, 0.1) is 34.5 Å². The van der Waals surface area contributed by atoms with Gasteiger partial charge in [-0.25, -0.2) is 0 Å². The average Bonchev–Trinajstić information content (AvgIpc) is 2.86. The molecule has 0 aromatic rings. The van der Waals surface area contributed by atoms with Crippen molar-refractivity contribution in [1.29, 1.82) is 0 Å². The molecule has 3 fully saturated rings. The molecule has 132 valence electrons. The molecule has 7 atom stereocenters. The molecule has 0 amide bonds. The molecule has 0 aromatic heterocycles. The van der Waals surface area contributed by atoms with Gasteiger partial charge in [-0.15, -0.1) is 0 Å². The van der Waals surface area contributed by atoms with Crippen molar-refractivity contribution in [1.82, 2.24) is 0 Å². The summed E-state index contributed by atoms with van der Waals surface area (Å²) in [7, 11) is 0. The second kappa shape index (κ2) is 6.21. The molecule has 0 saturated heterocycles. The first-order chi connectivity index (χ1) is 10.9. The number of rotatable bonds is 0. The van der Waals surface area contributed by atoms with Crippen LogP contribution in [-0.4, -0.2) is 11.2 Å². The van der Waals surface area contributed by atoms with E-state index >= 15 is 0 Å². The van der Waals surface area contributed by atoms with Crippen LogP contribution >= 0.6 is 0 Å². The van der Waals surface area contributed by atoms with E-state index in [1.807, 2.05) is 13.8 Å². The van der Waals surface area contributed by atoms with Gasteiger partial charge in [0.25, 0.3) is 0 Å². The molecule has 0 spiro atoms. The lowest BCUT2D eigenvalue weighted by atomic mass is 9.47. The summed E-state index contributed by atoms with van der Waals surface area (Å²) in [6.45, 7) is 11.6. The van der Waals surface area contributed by atoms with Gasteiger partial charge in [0.15, 0.2) is 0 Å². The van der Waals surface area contributed by atoms with Crippen LogP contribution < -0.4 is 0 Å². The largest absolute Gasteiger partial charge is 0.393 e. The van der Waals surface area contributed by atoms with E-state index in [1.54, 1.807) is 5.57 Å². The second-order valence-electron chi connectivity index (χ2n) is 9.18. The summed E-state index contributed by atoms with van der Waals surface area (Å²) in [6, 6.07) is 0. The zero-order valence-electron chi connectivity index (χ0n) is 16.1. The first-order valence-corrected chi connectivity index (χ1v) is 10.3. The van der Waals surface area contributed by atoms with E-state index in [4.69, 9.17) is 0 Å². The Morgan fingerprint density at radius 1 is 1.00 bits per heavy atom. The number of aliphatic hydroxyl groups excluding tert-OH is 1. The maximum Gasteiger partial charge on any atom is 0.0577 e. The maximum atomic E-state index is 10.0. The van der Waals surface area contributed by atoms with Crippen molar-refractivity contribution in [2.45, 2.75) is 92.1 Å². The van der Waals surface area contributed by atoms with Gasteiger partial charge in [0.1, 0.15) is 0 Å². The van der Waals surface area contributed by atoms with Crippen LogP contribution in [0.2, 0.25) is 0 Å². The Bertz CT molecular complexity index is 467. The number of hydrogen-bond acceptors (Lipinski definition) is 1. The molecule has 1 heteroatoms. The summed E-state index contributed by atoms with van der Waals surface area (Å²) in [5, 5.41) is 10.0. The lowest BCUT2D eigenvalue weighted by molar-refractivity contribution is -0.0474. The van der Waals surface area contributed by atoms with Crippen LogP contribution in [0.15, 0.2) is 11.6 Å². The molecular formula is C22H38O. The van der Waals surface area contributed by atoms with Gasteiger partial charge in [0.2, 0.25) is 0 Å². The Labute approximate surface area is 143 Å². The highest BCUT2D eigenvalue weighted by atomic mass is 16.3. The molecule has 0 radical (unpaired) electrons. The average molecular weight is 319 g/mol. The standard InChI is InChI=1S/C20H32O.C2H6/c1-13-4-7-17-16-6-5-14-12-15(21)8-10-20(14,3)18(16)9-11-19(13,17)2;1-2/h5,13,15-18,21H,4,6-12H2,1-3H3;1-2H3. The number of hydrogen-bond donors (Lipinski definition) is 1. The van der Waals surface area contributed by atoms with Crippen molar-refractivity contribution in [3.63, 3.8) is 0 Å². The van der Waals surface area contributed by atoms with Crippen LogP contribution in [0.3, 0.4) is 0 Å². The molecule has 23 heavy (non-hydrogen) atoms. The molecule has 4 aliphatic carbocycles.